The summed E-state index contributed by atoms with van der Waals surface area (Å²) in [6.07, 6.45) is 0. The van der Waals surface area contributed by atoms with Crippen molar-refractivity contribution < 1.29 is 9.53 Å². The zero-order valence-electron chi connectivity index (χ0n) is 13.7. The third-order valence-electron chi connectivity index (χ3n) is 3.11. The van der Waals surface area contributed by atoms with Gasteiger partial charge in [-0.05, 0) is 31.3 Å². The number of halogens is 2. The van der Waals surface area contributed by atoms with Crippen molar-refractivity contribution in [2.75, 3.05) is 39.6 Å². The first kappa shape index (κ1) is 22.5. The summed E-state index contributed by atoms with van der Waals surface area (Å²) in [6, 6.07) is 7.54. The van der Waals surface area contributed by atoms with Crippen LogP contribution in [0, 0.1) is 0 Å². The second-order valence-corrected chi connectivity index (χ2v) is 5.58. The highest BCUT2D eigenvalue weighted by molar-refractivity contribution is 7.14. The molecule has 2 N–H and O–H groups in total. The Hall–Kier alpha value is -1.54. The number of thiazole rings is 1. The van der Waals surface area contributed by atoms with Crippen molar-refractivity contribution in [2.24, 2.45) is 0 Å². The number of benzene rings is 1. The van der Waals surface area contributed by atoms with Gasteiger partial charge in [-0.2, -0.15) is 0 Å². The number of hydrogen-bond donors (Lipinski definition) is 2. The zero-order valence-corrected chi connectivity index (χ0v) is 16.2. The predicted octanol–water partition coefficient (Wildman–Crippen LogP) is 3.03. The Morgan fingerprint density at radius 1 is 1.29 bits per heavy atom. The number of hydrogen-bond acceptors (Lipinski definition) is 6. The molecule has 0 atom stereocenters. The summed E-state index contributed by atoms with van der Waals surface area (Å²) < 4.78 is 5.12. The largest absolute Gasteiger partial charge is 0.497 e. The first-order chi connectivity index (χ1) is 10.6. The van der Waals surface area contributed by atoms with E-state index < -0.39 is 0 Å². The number of carbonyl (C=O) groups excluding carboxylic acids is 1. The molecular weight excluding hydrogens is 371 g/mol. The van der Waals surface area contributed by atoms with Crippen LogP contribution in [-0.4, -0.2) is 50.1 Å². The van der Waals surface area contributed by atoms with Crippen LogP contribution in [0.5, 0.6) is 5.75 Å². The lowest BCUT2D eigenvalue weighted by Crippen LogP contribution is -2.32. The summed E-state index contributed by atoms with van der Waals surface area (Å²) in [5.74, 6) is 0.723. The molecule has 2 rings (SSSR count). The number of rotatable bonds is 7. The second-order valence-electron chi connectivity index (χ2n) is 4.72. The normalized spacial score (nSPS) is 9.46. The summed E-state index contributed by atoms with van der Waals surface area (Å²) in [6.45, 7) is 1.40. The maximum atomic E-state index is 12.2. The fraction of sp³-hybridized carbons (Fsp3) is 0.333. The highest BCUT2D eigenvalue weighted by Gasteiger charge is 2.15. The summed E-state index contributed by atoms with van der Waals surface area (Å²) in [5.41, 5.74) is 1.36. The van der Waals surface area contributed by atoms with E-state index in [0.29, 0.717) is 17.4 Å². The van der Waals surface area contributed by atoms with E-state index in [-0.39, 0.29) is 30.7 Å². The first-order valence-electron chi connectivity index (χ1n) is 6.90. The number of methoxy groups -OCH3 is 1. The Morgan fingerprint density at radius 3 is 2.54 bits per heavy atom. The lowest BCUT2D eigenvalue weighted by Gasteiger charge is -2.15. The molecular formula is C15H22Cl2N4O2S. The molecule has 0 aliphatic heterocycles. The number of nitrogens with zero attached hydrogens (tertiary/aromatic N) is 2. The van der Waals surface area contributed by atoms with Gasteiger partial charge in [0, 0.05) is 31.2 Å². The van der Waals surface area contributed by atoms with Crippen molar-refractivity contribution in [3.8, 4) is 5.75 Å². The fourth-order valence-corrected chi connectivity index (χ4v) is 2.51. The monoisotopic (exact) mass is 392 g/mol. The third kappa shape index (κ3) is 6.16. The molecule has 9 heteroatoms. The van der Waals surface area contributed by atoms with Gasteiger partial charge in [-0.25, -0.2) is 4.98 Å². The van der Waals surface area contributed by atoms with Gasteiger partial charge in [0.15, 0.2) is 5.13 Å². The van der Waals surface area contributed by atoms with Crippen molar-refractivity contribution >= 4 is 52.9 Å². The minimum absolute atomic E-state index is 0. The SMILES string of the molecule is CNCCN(C)C(=O)c1csc(Nc2ccc(OC)cc2)n1.Cl.Cl. The van der Waals surface area contributed by atoms with Gasteiger partial charge in [-0.15, -0.1) is 36.2 Å². The van der Waals surface area contributed by atoms with E-state index >= 15 is 0 Å². The van der Waals surface area contributed by atoms with E-state index in [1.54, 1.807) is 24.4 Å². The molecule has 0 aliphatic carbocycles. The molecule has 0 saturated carbocycles. The molecule has 0 spiro atoms. The molecule has 0 bridgehead atoms. The third-order valence-corrected chi connectivity index (χ3v) is 3.87. The minimum Gasteiger partial charge on any atom is -0.497 e. The summed E-state index contributed by atoms with van der Waals surface area (Å²) in [4.78, 5) is 18.2. The van der Waals surface area contributed by atoms with E-state index in [2.05, 4.69) is 15.6 Å². The molecule has 1 amide bonds. The van der Waals surface area contributed by atoms with E-state index in [0.717, 1.165) is 18.0 Å². The molecule has 24 heavy (non-hydrogen) atoms. The molecule has 0 fully saturated rings. The van der Waals surface area contributed by atoms with Crippen molar-refractivity contribution in [3.05, 3.63) is 35.3 Å². The van der Waals surface area contributed by atoms with Gasteiger partial charge in [-0.3, -0.25) is 4.79 Å². The highest BCUT2D eigenvalue weighted by Crippen LogP contribution is 2.23. The van der Waals surface area contributed by atoms with Gasteiger partial charge in [-0.1, -0.05) is 0 Å². The quantitative estimate of drug-likeness (QED) is 0.757. The Bertz CT molecular complexity index is 622. The molecule has 1 aromatic carbocycles. The van der Waals surface area contributed by atoms with Gasteiger partial charge >= 0.3 is 0 Å². The van der Waals surface area contributed by atoms with Crippen molar-refractivity contribution in [3.63, 3.8) is 0 Å². The Balaban J connectivity index is 0.00000264. The summed E-state index contributed by atoms with van der Waals surface area (Å²) in [5, 5.41) is 8.66. The van der Waals surface area contributed by atoms with Crippen molar-refractivity contribution in [1.82, 2.24) is 15.2 Å². The van der Waals surface area contributed by atoms with Crippen LogP contribution >= 0.6 is 36.2 Å². The van der Waals surface area contributed by atoms with Gasteiger partial charge in [0.25, 0.3) is 5.91 Å². The zero-order chi connectivity index (χ0) is 15.9. The maximum Gasteiger partial charge on any atom is 0.273 e. The number of aromatic nitrogens is 1. The van der Waals surface area contributed by atoms with E-state index in [1.165, 1.54) is 11.3 Å². The number of nitrogens with one attached hydrogen (secondary N) is 2. The summed E-state index contributed by atoms with van der Waals surface area (Å²) >= 11 is 1.41. The fourth-order valence-electron chi connectivity index (χ4n) is 1.80. The van der Waals surface area contributed by atoms with Crippen LogP contribution in [0.4, 0.5) is 10.8 Å². The number of ether oxygens (including phenoxy) is 1. The van der Waals surface area contributed by atoms with Crippen LogP contribution in [0.2, 0.25) is 0 Å². The maximum absolute atomic E-state index is 12.2. The number of likely N-dealkylation sites (N-methyl/N-ethyl adjacent to an activating group) is 2. The van der Waals surface area contributed by atoms with Crippen LogP contribution in [0.1, 0.15) is 10.5 Å². The summed E-state index contributed by atoms with van der Waals surface area (Å²) in [7, 11) is 5.26. The average molecular weight is 393 g/mol. The standard InChI is InChI=1S/C15H20N4O2S.2ClH/c1-16-8-9-19(2)14(20)13-10-22-15(18-13)17-11-4-6-12(21-3)7-5-11;;/h4-7,10,16H,8-9H2,1-3H3,(H,17,18);2*1H. The molecule has 1 aromatic heterocycles. The van der Waals surface area contributed by atoms with Gasteiger partial charge in [0.05, 0.1) is 7.11 Å². The number of anilines is 2. The van der Waals surface area contributed by atoms with Crippen LogP contribution in [0.15, 0.2) is 29.6 Å². The number of amides is 1. The smallest absolute Gasteiger partial charge is 0.273 e. The average Bonchev–Trinajstić information content (AvgIpc) is 3.01. The Morgan fingerprint density at radius 2 is 1.96 bits per heavy atom. The molecule has 1 heterocycles. The molecule has 6 nitrogen and oxygen atoms in total. The van der Waals surface area contributed by atoms with E-state index in [1.807, 2.05) is 31.3 Å². The Kier molecular flexibility index (Phi) is 10.4. The highest BCUT2D eigenvalue weighted by atomic mass is 35.5. The number of carbonyl (C=O) groups is 1. The molecule has 134 valence electrons. The van der Waals surface area contributed by atoms with Gasteiger partial charge in [0.2, 0.25) is 0 Å². The molecule has 2 aromatic rings. The second kappa shape index (κ2) is 11.1. The van der Waals surface area contributed by atoms with Crippen LogP contribution in [0.3, 0.4) is 0 Å². The van der Waals surface area contributed by atoms with Gasteiger partial charge in [0.1, 0.15) is 11.4 Å². The minimum atomic E-state index is -0.0747. The molecule has 0 aliphatic rings. The molecule has 0 saturated heterocycles. The van der Waals surface area contributed by atoms with Crippen molar-refractivity contribution in [1.29, 1.82) is 0 Å². The van der Waals surface area contributed by atoms with Gasteiger partial charge < -0.3 is 20.3 Å². The lowest BCUT2D eigenvalue weighted by atomic mass is 10.3. The first-order valence-corrected chi connectivity index (χ1v) is 7.78. The van der Waals surface area contributed by atoms with Crippen LogP contribution in [0.25, 0.3) is 0 Å². The Labute approximate surface area is 158 Å². The lowest BCUT2D eigenvalue weighted by molar-refractivity contribution is 0.0792. The predicted molar refractivity (Wildman–Crippen MR) is 104 cm³/mol. The van der Waals surface area contributed by atoms with E-state index in [9.17, 15) is 4.79 Å². The van der Waals surface area contributed by atoms with Crippen LogP contribution < -0.4 is 15.4 Å². The molecule has 0 radical (unpaired) electrons. The topological polar surface area (TPSA) is 66.5 Å². The van der Waals surface area contributed by atoms with Crippen molar-refractivity contribution in [2.45, 2.75) is 0 Å². The molecule has 0 unspecified atom stereocenters. The van der Waals surface area contributed by atoms with E-state index in [4.69, 9.17) is 4.74 Å². The van der Waals surface area contributed by atoms with Crippen LogP contribution in [-0.2, 0) is 0 Å².